The van der Waals surface area contributed by atoms with Gasteiger partial charge >= 0.3 is 0 Å². The van der Waals surface area contributed by atoms with Crippen LogP contribution < -0.4 is 5.73 Å². The van der Waals surface area contributed by atoms with Crippen LogP contribution in [0, 0.1) is 3.57 Å². The number of halogens is 1. The minimum atomic E-state index is 0.197. The third-order valence-corrected chi connectivity index (χ3v) is 4.09. The van der Waals surface area contributed by atoms with Crippen molar-refractivity contribution in [1.82, 2.24) is 9.97 Å². The fourth-order valence-electron chi connectivity index (χ4n) is 1.55. The van der Waals surface area contributed by atoms with Crippen molar-refractivity contribution < 1.29 is 0 Å². The molecule has 1 saturated carbocycles. The average Bonchev–Trinajstić information content (AvgIpc) is 2.89. The summed E-state index contributed by atoms with van der Waals surface area (Å²) in [6.45, 7) is 6.49. The first kappa shape index (κ1) is 11.1. The molecule has 3 nitrogen and oxygen atoms in total. The van der Waals surface area contributed by atoms with Gasteiger partial charge in [-0.15, -0.1) is 0 Å². The third kappa shape index (κ3) is 1.96. The number of nitrogen functional groups attached to an aromatic ring is 1. The van der Waals surface area contributed by atoms with Crippen molar-refractivity contribution in [1.29, 1.82) is 0 Å². The highest BCUT2D eigenvalue weighted by Crippen LogP contribution is 2.46. The van der Waals surface area contributed by atoms with Crippen molar-refractivity contribution in [3.05, 3.63) is 15.1 Å². The number of aromatic nitrogens is 2. The van der Waals surface area contributed by atoms with Gasteiger partial charge in [-0.05, 0) is 41.4 Å². The van der Waals surface area contributed by atoms with E-state index in [0.29, 0.717) is 11.7 Å². The Morgan fingerprint density at radius 3 is 2.40 bits per heavy atom. The molecule has 82 valence electrons. The van der Waals surface area contributed by atoms with Crippen LogP contribution >= 0.6 is 22.6 Å². The molecule has 0 bridgehead atoms. The smallest absolute Gasteiger partial charge is 0.140 e. The standard InChI is InChI=1S/C11H16IN3/c1-6(2)8-7(12)9(13)15-10(14-8)11(3)4-5-11/h6H,4-5H2,1-3H3,(H2,13,14,15). The molecule has 4 heteroatoms. The molecule has 0 saturated heterocycles. The molecule has 1 aromatic rings. The average molecular weight is 317 g/mol. The van der Waals surface area contributed by atoms with Crippen molar-refractivity contribution in [2.45, 2.75) is 44.9 Å². The van der Waals surface area contributed by atoms with Crippen molar-refractivity contribution in [2.75, 3.05) is 5.73 Å². The SMILES string of the molecule is CC(C)c1nc(C2(C)CC2)nc(N)c1I. The number of hydrogen-bond donors (Lipinski definition) is 1. The molecule has 0 aliphatic heterocycles. The Morgan fingerprint density at radius 2 is 1.93 bits per heavy atom. The Balaban J connectivity index is 2.51. The topological polar surface area (TPSA) is 51.8 Å². The Bertz CT molecular complexity index is 397. The number of rotatable bonds is 2. The van der Waals surface area contributed by atoms with Gasteiger partial charge < -0.3 is 5.73 Å². The van der Waals surface area contributed by atoms with E-state index in [0.717, 1.165) is 15.1 Å². The lowest BCUT2D eigenvalue weighted by Crippen LogP contribution is -2.14. The van der Waals surface area contributed by atoms with E-state index in [2.05, 4.69) is 53.3 Å². The Labute approximate surface area is 104 Å². The highest BCUT2D eigenvalue weighted by molar-refractivity contribution is 14.1. The first-order valence-electron chi connectivity index (χ1n) is 5.27. The van der Waals surface area contributed by atoms with Gasteiger partial charge in [-0.1, -0.05) is 20.8 Å². The summed E-state index contributed by atoms with van der Waals surface area (Å²) >= 11 is 2.24. The van der Waals surface area contributed by atoms with Crippen molar-refractivity contribution in [2.24, 2.45) is 0 Å². The van der Waals surface area contributed by atoms with Crippen LogP contribution in [0.5, 0.6) is 0 Å². The van der Waals surface area contributed by atoms with E-state index < -0.39 is 0 Å². The minimum Gasteiger partial charge on any atom is -0.383 e. The fourth-order valence-corrected chi connectivity index (χ4v) is 2.41. The molecule has 2 rings (SSSR count). The summed E-state index contributed by atoms with van der Waals surface area (Å²) < 4.78 is 1.01. The van der Waals surface area contributed by atoms with Gasteiger partial charge in [0, 0.05) is 5.41 Å². The quantitative estimate of drug-likeness (QED) is 0.854. The summed E-state index contributed by atoms with van der Waals surface area (Å²) in [5, 5.41) is 0. The first-order valence-corrected chi connectivity index (χ1v) is 6.35. The molecule has 0 radical (unpaired) electrons. The third-order valence-electron chi connectivity index (χ3n) is 2.99. The van der Waals surface area contributed by atoms with Crippen LogP contribution in [0.4, 0.5) is 5.82 Å². The number of nitrogens with zero attached hydrogens (tertiary/aromatic N) is 2. The molecule has 0 atom stereocenters. The predicted molar refractivity (Wildman–Crippen MR) is 69.8 cm³/mol. The van der Waals surface area contributed by atoms with Gasteiger partial charge in [-0.25, -0.2) is 9.97 Å². The van der Waals surface area contributed by atoms with E-state index in [1.165, 1.54) is 12.8 Å². The monoisotopic (exact) mass is 317 g/mol. The second-order valence-electron chi connectivity index (χ2n) is 4.85. The van der Waals surface area contributed by atoms with Crippen molar-refractivity contribution >= 4 is 28.4 Å². The van der Waals surface area contributed by atoms with Crippen LogP contribution in [0.15, 0.2) is 0 Å². The molecule has 1 heterocycles. The van der Waals surface area contributed by atoms with E-state index in [9.17, 15) is 0 Å². The molecule has 0 aromatic carbocycles. The van der Waals surface area contributed by atoms with Crippen LogP contribution in [0.2, 0.25) is 0 Å². The highest BCUT2D eigenvalue weighted by atomic mass is 127. The zero-order valence-corrected chi connectivity index (χ0v) is 11.5. The number of hydrogen-bond acceptors (Lipinski definition) is 3. The largest absolute Gasteiger partial charge is 0.383 e. The zero-order valence-electron chi connectivity index (χ0n) is 9.34. The lowest BCUT2D eigenvalue weighted by molar-refractivity contribution is 0.682. The Morgan fingerprint density at radius 1 is 1.33 bits per heavy atom. The van der Waals surface area contributed by atoms with E-state index in [1.807, 2.05) is 0 Å². The van der Waals surface area contributed by atoms with Crippen molar-refractivity contribution in [3.63, 3.8) is 0 Å². The molecule has 0 spiro atoms. The fraction of sp³-hybridized carbons (Fsp3) is 0.636. The molecule has 0 unspecified atom stereocenters. The van der Waals surface area contributed by atoms with E-state index in [-0.39, 0.29) is 5.41 Å². The second-order valence-corrected chi connectivity index (χ2v) is 5.93. The summed E-state index contributed by atoms with van der Waals surface area (Å²) in [4.78, 5) is 9.08. The van der Waals surface area contributed by atoms with E-state index >= 15 is 0 Å². The van der Waals surface area contributed by atoms with Gasteiger partial charge in [0.25, 0.3) is 0 Å². The van der Waals surface area contributed by atoms with Gasteiger partial charge in [0.2, 0.25) is 0 Å². The van der Waals surface area contributed by atoms with Gasteiger partial charge in [0.05, 0.1) is 9.26 Å². The normalized spacial score (nSPS) is 18.2. The minimum absolute atomic E-state index is 0.197. The van der Waals surface area contributed by atoms with Crippen LogP contribution in [0.25, 0.3) is 0 Å². The number of nitrogens with two attached hydrogens (primary N) is 1. The van der Waals surface area contributed by atoms with Crippen LogP contribution in [0.3, 0.4) is 0 Å². The first-order chi connectivity index (χ1) is 6.94. The molecular weight excluding hydrogens is 301 g/mol. The van der Waals surface area contributed by atoms with Crippen LogP contribution in [-0.2, 0) is 5.41 Å². The Kier molecular flexibility index (Phi) is 2.65. The second kappa shape index (κ2) is 3.57. The Hall–Kier alpha value is -0.390. The summed E-state index contributed by atoms with van der Waals surface area (Å²) in [5.41, 5.74) is 7.21. The van der Waals surface area contributed by atoms with Gasteiger partial charge in [-0.3, -0.25) is 0 Å². The lowest BCUT2D eigenvalue weighted by atomic mass is 10.1. The summed E-state index contributed by atoms with van der Waals surface area (Å²) in [6.07, 6.45) is 2.37. The zero-order chi connectivity index (χ0) is 11.2. The maximum absolute atomic E-state index is 5.93. The highest BCUT2D eigenvalue weighted by Gasteiger charge is 2.42. The summed E-state index contributed by atoms with van der Waals surface area (Å²) in [5.74, 6) is 1.98. The van der Waals surface area contributed by atoms with Gasteiger partial charge in [0.1, 0.15) is 11.6 Å². The lowest BCUT2D eigenvalue weighted by Gasteiger charge is -2.14. The molecule has 2 N–H and O–H groups in total. The molecule has 1 fully saturated rings. The summed E-state index contributed by atoms with van der Waals surface area (Å²) in [6, 6.07) is 0. The van der Waals surface area contributed by atoms with Crippen LogP contribution in [0.1, 0.15) is 51.0 Å². The van der Waals surface area contributed by atoms with Crippen LogP contribution in [-0.4, -0.2) is 9.97 Å². The summed E-state index contributed by atoms with van der Waals surface area (Å²) in [7, 11) is 0. The van der Waals surface area contributed by atoms with Gasteiger partial charge in [0.15, 0.2) is 0 Å². The van der Waals surface area contributed by atoms with Crippen molar-refractivity contribution in [3.8, 4) is 0 Å². The predicted octanol–water partition coefficient (Wildman–Crippen LogP) is 2.84. The molecule has 0 amide bonds. The molecule has 15 heavy (non-hydrogen) atoms. The molecular formula is C11H16IN3. The van der Waals surface area contributed by atoms with E-state index in [1.54, 1.807) is 0 Å². The molecule has 1 aliphatic rings. The molecule has 1 aliphatic carbocycles. The molecule has 1 aromatic heterocycles. The van der Waals surface area contributed by atoms with E-state index in [4.69, 9.17) is 5.73 Å². The van der Waals surface area contributed by atoms with Gasteiger partial charge in [-0.2, -0.15) is 0 Å². The maximum Gasteiger partial charge on any atom is 0.140 e. The maximum atomic E-state index is 5.93. The number of anilines is 1.